The first-order chi connectivity index (χ1) is 8.26. The fourth-order valence-electron chi connectivity index (χ4n) is 1.50. The van der Waals surface area contributed by atoms with Crippen LogP contribution in [0.2, 0.25) is 0 Å². The third kappa shape index (κ3) is 5.40. The molecule has 1 N–H and O–H groups in total. The van der Waals surface area contributed by atoms with Gasteiger partial charge in [-0.25, -0.2) is 0 Å². The van der Waals surface area contributed by atoms with E-state index in [1.165, 1.54) is 12.7 Å². The lowest BCUT2D eigenvalue weighted by Crippen LogP contribution is -2.00. The molecule has 0 bridgehead atoms. The van der Waals surface area contributed by atoms with E-state index in [1.807, 2.05) is 12.1 Å². The Labute approximate surface area is 102 Å². The summed E-state index contributed by atoms with van der Waals surface area (Å²) >= 11 is 0. The number of hydrogen-bond acceptors (Lipinski definition) is 4. The molecule has 0 aliphatic heterocycles. The Bertz CT molecular complexity index is 337. The standard InChI is InChI=1S/C12H16BO4/c1-16-12(14)5-3-2-4-10-6-8-11(9-7-10)17-13-15/h6-9,15H,2-5H2,1H3. The molecule has 1 rings (SSSR count). The summed E-state index contributed by atoms with van der Waals surface area (Å²) in [6.07, 6.45) is 3.16. The molecule has 0 aliphatic carbocycles. The zero-order valence-electron chi connectivity index (χ0n) is 9.89. The molecule has 0 atom stereocenters. The Morgan fingerprint density at radius 1 is 1.29 bits per heavy atom. The van der Waals surface area contributed by atoms with E-state index in [4.69, 9.17) is 9.68 Å². The normalized spacial score (nSPS) is 9.76. The predicted octanol–water partition coefficient (Wildman–Crippen LogP) is 1.48. The monoisotopic (exact) mass is 235 g/mol. The van der Waals surface area contributed by atoms with E-state index in [-0.39, 0.29) is 5.97 Å². The number of hydrogen-bond donors (Lipinski definition) is 1. The van der Waals surface area contributed by atoms with Gasteiger partial charge in [0.2, 0.25) is 0 Å². The van der Waals surface area contributed by atoms with Gasteiger partial charge >= 0.3 is 13.7 Å². The molecular formula is C12H16BO4. The zero-order chi connectivity index (χ0) is 12.5. The molecule has 0 unspecified atom stereocenters. The first-order valence-electron chi connectivity index (χ1n) is 5.54. The average Bonchev–Trinajstić information content (AvgIpc) is 2.36. The molecule has 0 spiro atoms. The van der Waals surface area contributed by atoms with Gasteiger partial charge in [0.25, 0.3) is 0 Å². The highest BCUT2D eigenvalue weighted by Gasteiger charge is 2.00. The fraction of sp³-hybridized carbons (Fsp3) is 0.417. The highest BCUT2D eigenvalue weighted by atomic mass is 16.5. The molecule has 5 heteroatoms. The summed E-state index contributed by atoms with van der Waals surface area (Å²) in [6, 6.07) is 7.47. The minimum atomic E-state index is -0.160. The highest BCUT2D eigenvalue weighted by Crippen LogP contribution is 2.13. The number of esters is 1. The van der Waals surface area contributed by atoms with Crippen LogP contribution in [-0.4, -0.2) is 25.8 Å². The third-order valence-electron chi connectivity index (χ3n) is 2.44. The van der Waals surface area contributed by atoms with E-state index in [0.717, 1.165) is 19.3 Å². The van der Waals surface area contributed by atoms with Gasteiger partial charge in [0.1, 0.15) is 0 Å². The number of carbonyl (C=O) groups excluding carboxylic acids is 1. The molecule has 0 heterocycles. The Balaban J connectivity index is 2.25. The van der Waals surface area contributed by atoms with Crippen LogP contribution in [0.4, 0.5) is 0 Å². The zero-order valence-corrected chi connectivity index (χ0v) is 9.89. The fourth-order valence-corrected chi connectivity index (χ4v) is 1.50. The van der Waals surface area contributed by atoms with Crippen molar-refractivity contribution >= 4 is 13.7 Å². The molecule has 0 aromatic heterocycles. The first-order valence-corrected chi connectivity index (χ1v) is 5.54. The van der Waals surface area contributed by atoms with Gasteiger partial charge in [0.15, 0.2) is 0 Å². The summed E-state index contributed by atoms with van der Waals surface area (Å²) in [7, 11) is 2.06. The van der Waals surface area contributed by atoms with Crippen LogP contribution in [0.3, 0.4) is 0 Å². The lowest BCUT2D eigenvalue weighted by atomic mass is 10.1. The van der Waals surface area contributed by atoms with Crippen molar-refractivity contribution in [2.45, 2.75) is 25.7 Å². The largest absolute Gasteiger partial charge is 0.569 e. The Kier molecular flexibility index (Phi) is 6.18. The van der Waals surface area contributed by atoms with Crippen LogP contribution in [0, 0.1) is 0 Å². The minimum Gasteiger partial charge on any atom is -0.537 e. The molecule has 1 aromatic rings. The second-order valence-electron chi connectivity index (χ2n) is 3.65. The van der Waals surface area contributed by atoms with Crippen LogP contribution < -0.4 is 4.65 Å². The molecule has 17 heavy (non-hydrogen) atoms. The molecule has 0 amide bonds. The number of rotatable bonds is 7. The summed E-state index contributed by atoms with van der Waals surface area (Å²) in [5.41, 5.74) is 1.18. The van der Waals surface area contributed by atoms with Crippen molar-refractivity contribution in [3.8, 4) is 5.75 Å². The minimum absolute atomic E-state index is 0.160. The molecule has 4 nitrogen and oxygen atoms in total. The van der Waals surface area contributed by atoms with Gasteiger partial charge in [-0.2, -0.15) is 0 Å². The van der Waals surface area contributed by atoms with Crippen LogP contribution in [0.1, 0.15) is 24.8 Å². The summed E-state index contributed by atoms with van der Waals surface area (Å²) in [5, 5.41) is 8.45. The lowest BCUT2D eigenvalue weighted by Gasteiger charge is -2.04. The average molecular weight is 235 g/mol. The van der Waals surface area contributed by atoms with Gasteiger partial charge in [0, 0.05) is 6.42 Å². The van der Waals surface area contributed by atoms with Crippen LogP contribution in [0.25, 0.3) is 0 Å². The Hall–Kier alpha value is -1.49. The quantitative estimate of drug-likeness (QED) is 0.441. The smallest absolute Gasteiger partial charge is 0.537 e. The van der Waals surface area contributed by atoms with Crippen LogP contribution in [0.15, 0.2) is 24.3 Å². The molecule has 0 fully saturated rings. The molecule has 0 saturated heterocycles. The van der Waals surface area contributed by atoms with Crippen molar-refractivity contribution in [3.05, 3.63) is 29.8 Å². The summed E-state index contributed by atoms with van der Waals surface area (Å²) < 4.78 is 9.36. The van der Waals surface area contributed by atoms with E-state index in [2.05, 4.69) is 4.74 Å². The van der Waals surface area contributed by atoms with E-state index < -0.39 is 0 Å². The molecule has 0 aliphatic rings. The maximum absolute atomic E-state index is 10.9. The van der Waals surface area contributed by atoms with Gasteiger partial charge < -0.3 is 14.4 Å². The molecular weight excluding hydrogens is 219 g/mol. The Morgan fingerprint density at radius 3 is 2.59 bits per heavy atom. The summed E-state index contributed by atoms with van der Waals surface area (Å²) in [6.45, 7) is 0. The summed E-state index contributed by atoms with van der Waals surface area (Å²) in [5.74, 6) is 0.443. The van der Waals surface area contributed by atoms with Gasteiger partial charge in [-0.05, 0) is 37.0 Å². The van der Waals surface area contributed by atoms with Gasteiger partial charge in [-0.15, -0.1) is 0 Å². The van der Waals surface area contributed by atoms with Crippen molar-refractivity contribution in [3.63, 3.8) is 0 Å². The van der Waals surface area contributed by atoms with Gasteiger partial charge in [-0.1, -0.05) is 12.1 Å². The first kappa shape index (κ1) is 13.6. The molecule has 91 valence electrons. The maximum atomic E-state index is 10.9. The van der Waals surface area contributed by atoms with Crippen molar-refractivity contribution in [2.75, 3.05) is 7.11 Å². The van der Waals surface area contributed by atoms with Crippen LogP contribution in [-0.2, 0) is 16.0 Å². The van der Waals surface area contributed by atoms with E-state index >= 15 is 0 Å². The SMILES string of the molecule is COC(=O)CCCCc1ccc(O[B]O)cc1. The lowest BCUT2D eigenvalue weighted by molar-refractivity contribution is -0.140. The van der Waals surface area contributed by atoms with Crippen LogP contribution in [0.5, 0.6) is 5.75 Å². The molecule has 1 radical (unpaired) electrons. The second-order valence-corrected chi connectivity index (χ2v) is 3.65. The van der Waals surface area contributed by atoms with Crippen LogP contribution >= 0.6 is 0 Å². The Morgan fingerprint density at radius 2 is 2.00 bits per heavy atom. The molecule has 1 aromatic carbocycles. The predicted molar refractivity (Wildman–Crippen MR) is 64.6 cm³/mol. The number of carbonyl (C=O) groups is 1. The number of ether oxygens (including phenoxy) is 1. The van der Waals surface area contributed by atoms with Crippen molar-refractivity contribution < 1.29 is 19.2 Å². The number of unbranched alkanes of at least 4 members (excludes halogenated alkanes) is 1. The highest BCUT2D eigenvalue weighted by molar-refractivity contribution is 6.17. The van der Waals surface area contributed by atoms with E-state index in [1.54, 1.807) is 12.1 Å². The van der Waals surface area contributed by atoms with Crippen molar-refractivity contribution in [1.29, 1.82) is 0 Å². The van der Waals surface area contributed by atoms with Gasteiger partial charge in [-0.3, -0.25) is 4.79 Å². The maximum Gasteiger partial charge on any atom is 0.569 e. The van der Waals surface area contributed by atoms with Crippen molar-refractivity contribution in [1.82, 2.24) is 0 Å². The van der Waals surface area contributed by atoms with Crippen molar-refractivity contribution in [2.24, 2.45) is 0 Å². The number of benzene rings is 1. The van der Waals surface area contributed by atoms with Gasteiger partial charge in [0.05, 0.1) is 12.9 Å². The summed E-state index contributed by atoms with van der Waals surface area (Å²) in [4.78, 5) is 10.9. The van der Waals surface area contributed by atoms with E-state index in [0.29, 0.717) is 19.9 Å². The van der Waals surface area contributed by atoms with E-state index in [9.17, 15) is 4.79 Å². The number of aryl methyl sites for hydroxylation is 1. The topological polar surface area (TPSA) is 55.8 Å². The molecule has 0 saturated carbocycles. The number of methoxy groups -OCH3 is 1. The third-order valence-corrected chi connectivity index (χ3v) is 2.44. The second kappa shape index (κ2) is 7.73.